The van der Waals surface area contributed by atoms with E-state index in [1.165, 1.54) is 11.8 Å². The molecule has 1 unspecified atom stereocenters. The number of benzene rings is 1. The normalized spacial score (nSPS) is 12.1. The molecule has 0 saturated carbocycles. The lowest BCUT2D eigenvalue weighted by atomic mass is 10.3. The van der Waals surface area contributed by atoms with Gasteiger partial charge in [0, 0.05) is 5.25 Å². The van der Waals surface area contributed by atoms with Crippen LogP contribution in [0.2, 0.25) is 0 Å². The zero-order valence-electron chi connectivity index (χ0n) is 9.10. The van der Waals surface area contributed by atoms with Crippen LogP contribution in [0.15, 0.2) is 30.3 Å². The summed E-state index contributed by atoms with van der Waals surface area (Å²) >= 11 is 1.35. The molecule has 0 aliphatic heterocycles. The van der Waals surface area contributed by atoms with Crippen molar-refractivity contribution < 1.29 is 9.53 Å². The Kier molecular flexibility index (Phi) is 5.26. The minimum atomic E-state index is 0.0909. The maximum Gasteiger partial charge on any atom is 0.226 e. The van der Waals surface area contributed by atoms with Gasteiger partial charge in [-0.2, -0.15) is 0 Å². The predicted molar refractivity (Wildman–Crippen MR) is 64.3 cm³/mol. The number of para-hydroxylation sites is 1. The average Bonchev–Trinajstić information content (AvgIpc) is 2.27. The smallest absolute Gasteiger partial charge is 0.226 e. The van der Waals surface area contributed by atoms with Crippen molar-refractivity contribution in [1.82, 2.24) is 0 Å². The molecule has 2 nitrogen and oxygen atoms in total. The minimum Gasteiger partial charge on any atom is -0.485 e. The fourth-order valence-corrected chi connectivity index (χ4v) is 1.74. The van der Waals surface area contributed by atoms with Crippen molar-refractivity contribution in [3.63, 3.8) is 0 Å². The summed E-state index contributed by atoms with van der Waals surface area (Å²) in [5.74, 6) is 0.746. The average molecular weight is 224 g/mol. The molecule has 1 aromatic carbocycles. The highest BCUT2D eigenvalue weighted by molar-refractivity contribution is 8.14. The van der Waals surface area contributed by atoms with Gasteiger partial charge >= 0.3 is 0 Å². The van der Waals surface area contributed by atoms with E-state index in [0.717, 1.165) is 12.2 Å². The van der Waals surface area contributed by atoms with E-state index < -0.39 is 0 Å². The van der Waals surface area contributed by atoms with Gasteiger partial charge in [-0.15, -0.1) is 0 Å². The van der Waals surface area contributed by atoms with Gasteiger partial charge in [0.25, 0.3) is 0 Å². The van der Waals surface area contributed by atoms with Gasteiger partial charge in [0.05, 0.1) is 0 Å². The van der Waals surface area contributed by atoms with Gasteiger partial charge in [0.2, 0.25) is 5.12 Å². The van der Waals surface area contributed by atoms with Crippen LogP contribution in [-0.4, -0.2) is 17.0 Å². The highest BCUT2D eigenvalue weighted by Gasteiger charge is 2.08. The van der Waals surface area contributed by atoms with Crippen LogP contribution >= 0.6 is 11.8 Å². The highest BCUT2D eigenvalue weighted by atomic mass is 32.2. The summed E-state index contributed by atoms with van der Waals surface area (Å²) in [7, 11) is 0. The van der Waals surface area contributed by atoms with Crippen LogP contribution in [0.3, 0.4) is 0 Å². The summed E-state index contributed by atoms with van der Waals surface area (Å²) in [5, 5.41) is 0.463. The van der Waals surface area contributed by atoms with Gasteiger partial charge in [0.15, 0.2) is 6.61 Å². The maximum atomic E-state index is 11.4. The fourth-order valence-electron chi connectivity index (χ4n) is 1.00. The Morgan fingerprint density at radius 2 is 2.07 bits per heavy atom. The Labute approximate surface area is 95.0 Å². The van der Waals surface area contributed by atoms with Crippen molar-refractivity contribution in [2.75, 3.05) is 6.61 Å². The third-order valence-electron chi connectivity index (χ3n) is 2.01. The van der Waals surface area contributed by atoms with E-state index in [2.05, 4.69) is 6.92 Å². The maximum absolute atomic E-state index is 11.4. The van der Waals surface area contributed by atoms with Gasteiger partial charge < -0.3 is 4.74 Å². The molecular weight excluding hydrogens is 208 g/mol. The number of hydrogen-bond donors (Lipinski definition) is 0. The molecule has 0 spiro atoms. The zero-order valence-corrected chi connectivity index (χ0v) is 9.92. The second kappa shape index (κ2) is 6.51. The minimum absolute atomic E-state index is 0.0909. The molecule has 15 heavy (non-hydrogen) atoms. The molecule has 3 heteroatoms. The van der Waals surface area contributed by atoms with E-state index in [-0.39, 0.29) is 11.7 Å². The second-order valence-electron chi connectivity index (χ2n) is 3.31. The zero-order chi connectivity index (χ0) is 11.1. The Balaban J connectivity index is 2.29. The first-order valence-electron chi connectivity index (χ1n) is 5.09. The van der Waals surface area contributed by atoms with E-state index in [0.29, 0.717) is 5.25 Å². The number of thioether (sulfide) groups is 1. The Hall–Kier alpha value is -0.960. The predicted octanol–water partition coefficient (Wildman–Crippen LogP) is 3.12. The van der Waals surface area contributed by atoms with Crippen LogP contribution in [0.5, 0.6) is 5.75 Å². The molecular formula is C12H16O2S. The van der Waals surface area contributed by atoms with Crippen molar-refractivity contribution >= 4 is 16.9 Å². The van der Waals surface area contributed by atoms with Crippen LogP contribution in [0.4, 0.5) is 0 Å². The third-order valence-corrected chi connectivity index (χ3v) is 3.12. The monoisotopic (exact) mass is 224 g/mol. The SMILES string of the molecule is CCC(C)SC(=O)COc1ccccc1. The van der Waals surface area contributed by atoms with E-state index in [9.17, 15) is 4.79 Å². The second-order valence-corrected chi connectivity index (χ2v) is 4.81. The molecule has 0 N–H and O–H groups in total. The molecule has 0 amide bonds. The molecule has 1 atom stereocenters. The van der Waals surface area contributed by atoms with E-state index >= 15 is 0 Å². The topological polar surface area (TPSA) is 26.3 Å². The van der Waals surface area contributed by atoms with Crippen LogP contribution < -0.4 is 4.74 Å². The summed E-state index contributed by atoms with van der Waals surface area (Å²) in [6.07, 6.45) is 1.00. The number of carbonyl (C=O) groups excluding carboxylic acids is 1. The first kappa shape index (κ1) is 12.1. The van der Waals surface area contributed by atoms with Crippen molar-refractivity contribution in [1.29, 1.82) is 0 Å². The third kappa shape index (κ3) is 4.88. The Bertz CT molecular complexity index is 298. The molecule has 0 fully saturated rings. The van der Waals surface area contributed by atoms with Gasteiger partial charge in [-0.25, -0.2) is 0 Å². The lowest BCUT2D eigenvalue weighted by Crippen LogP contribution is -2.10. The summed E-state index contributed by atoms with van der Waals surface area (Å²) in [5.41, 5.74) is 0. The molecule has 1 rings (SSSR count). The molecule has 0 radical (unpaired) electrons. The van der Waals surface area contributed by atoms with Crippen molar-refractivity contribution in [2.45, 2.75) is 25.5 Å². The first-order valence-corrected chi connectivity index (χ1v) is 5.97. The quantitative estimate of drug-likeness (QED) is 0.768. The number of carbonyl (C=O) groups is 1. The van der Waals surface area contributed by atoms with E-state index in [4.69, 9.17) is 4.74 Å². The van der Waals surface area contributed by atoms with Crippen molar-refractivity contribution in [3.05, 3.63) is 30.3 Å². The first-order chi connectivity index (χ1) is 7.22. The molecule has 0 aliphatic carbocycles. The summed E-state index contributed by atoms with van der Waals surface area (Å²) < 4.78 is 5.34. The van der Waals surface area contributed by atoms with Crippen molar-refractivity contribution in [3.8, 4) is 5.75 Å². The van der Waals surface area contributed by atoms with Gasteiger partial charge in [-0.05, 0) is 18.6 Å². The van der Waals surface area contributed by atoms with E-state index in [1.807, 2.05) is 37.3 Å². The Morgan fingerprint density at radius 3 is 2.67 bits per heavy atom. The lowest BCUT2D eigenvalue weighted by Gasteiger charge is -2.08. The van der Waals surface area contributed by atoms with Gasteiger partial charge in [0.1, 0.15) is 5.75 Å². The van der Waals surface area contributed by atoms with Crippen LogP contribution in [0.25, 0.3) is 0 Å². The standard InChI is InChI=1S/C12H16O2S/c1-3-10(2)15-12(13)9-14-11-7-5-4-6-8-11/h4-8,10H,3,9H2,1-2H3. The summed E-state index contributed by atoms with van der Waals surface area (Å²) in [4.78, 5) is 11.4. The highest BCUT2D eigenvalue weighted by Crippen LogP contribution is 2.15. The van der Waals surface area contributed by atoms with Gasteiger partial charge in [-0.3, -0.25) is 4.79 Å². The molecule has 82 valence electrons. The van der Waals surface area contributed by atoms with E-state index in [1.54, 1.807) is 0 Å². The van der Waals surface area contributed by atoms with Crippen LogP contribution in [0, 0.1) is 0 Å². The van der Waals surface area contributed by atoms with Crippen LogP contribution in [0.1, 0.15) is 20.3 Å². The van der Waals surface area contributed by atoms with Gasteiger partial charge in [-0.1, -0.05) is 43.8 Å². The number of rotatable bonds is 5. The summed E-state index contributed by atoms with van der Waals surface area (Å²) in [6, 6.07) is 9.40. The molecule has 0 saturated heterocycles. The summed E-state index contributed by atoms with van der Waals surface area (Å²) in [6.45, 7) is 4.27. The Morgan fingerprint density at radius 1 is 1.40 bits per heavy atom. The van der Waals surface area contributed by atoms with Crippen molar-refractivity contribution in [2.24, 2.45) is 0 Å². The fraction of sp³-hybridized carbons (Fsp3) is 0.417. The molecule has 1 aromatic rings. The largest absolute Gasteiger partial charge is 0.485 e. The molecule has 0 heterocycles. The molecule has 0 aliphatic rings. The number of ether oxygens (including phenoxy) is 1. The molecule has 0 aromatic heterocycles. The lowest BCUT2D eigenvalue weighted by molar-refractivity contribution is -0.112. The number of hydrogen-bond acceptors (Lipinski definition) is 3. The molecule has 0 bridgehead atoms. The van der Waals surface area contributed by atoms with Crippen LogP contribution in [-0.2, 0) is 4.79 Å².